The molecular weight excluding hydrogens is 400 g/mol. The predicted molar refractivity (Wildman–Crippen MR) is 79.9 cm³/mol. The third-order valence-corrected chi connectivity index (χ3v) is 2.91. The summed E-state index contributed by atoms with van der Waals surface area (Å²) < 4.78 is 8.19. The summed E-state index contributed by atoms with van der Waals surface area (Å²) in [5.74, 6) is -1.27. The maximum absolute atomic E-state index is 11.7. The highest BCUT2D eigenvalue weighted by Gasteiger charge is 2.35. The van der Waals surface area contributed by atoms with E-state index in [1.54, 1.807) is 27.7 Å². The highest BCUT2D eigenvalue weighted by Crippen LogP contribution is 2.22. The van der Waals surface area contributed by atoms with Gasteiger partial charge in [0, 0.05) is 0 Å². The zero-order valence-electron chi connectivity index (χ0n) is 11.9. The number of rotatable bonds is 7. The Morgan fingerprint density at radius 1 is 0.900 bits per heavy atom. The minimum absolute atomic E-state index is 0.573. The smallest absolute Gasteiger partial charge is 0.322 e. The van der Waals surface area contributed by atoms with Gasteiger partial charge in [0.1, 0.15) is 8.65 Å². The summed E-state index contributed by atoms with van der Waals surface area (Å²) in [5.41, 5.74) is 0. The van der Waals surface area contributed by atoms with Crippen LogP contribution < -0.4 is 0 Å². The number of aliphatic hydroxyl groups is 2. The molecule has 118 valence electrons. The molecule has 0 aliphatic carbocycles. The van der Waals surface area contributed by atoms with Crippen LogP contribution in [0.2, 0.25) is 0 Å². The number of aliphatic hydroxyl groups excluding tert-OH is 2. The molecule has 0 saturated heterocycles. The second kappa shape index (κ2) is 7.72. The Balaban J connectivity index is 4.84. The normalized spacial score (nSPS) is 15.4. The van der Waals surface area contributed by atoms with Gasteiger partial charge < -0.3 is 19.7 Å². The fraction of sp³-hybridized carbons (Fsp3) is 0.833. The molecule has 2 atom stereocenters. The monoisotopic (exact) mass is 418 g/mol. The Morgan fingerprint density at radius 2 is 1.15 bits per heavy atom. The topological polar surface area (TPSA) is 93.1 Å². The van der Waals surface area contributed by atoms with Gasteiger partial charge in [-0.25, -0.2) is 0 Å². The van der Waals surface area contributed by atoms with Crippen molar-refractivity contribution in [3.05, 3.63) is 0 Å². The van der Waals surface area contributed by atoms with Crippen LogP contribution in [-0.4, -0.2) is 56.2 Å². The molecule has 0 aliphatic rings. The van der Waals surface area contributed by atoms with Crippen LogP contribution in [-0.2, 0) is 19.1 Å². The summed E-state index contributed by atoms with van der Waals surface area (Å²) in [6.07, 6.45) is -2.27. The third kappa shape index (κ3) is 6.51. The Morgan fingerprint density at radius 3 is 1.30 bits per heavy atom. The van der Waals surface area contributed by atoms with Crippen LogP contribution in [0, 0.1) is 0 Å². The molecule has 0 aromatic heterocycles. The summed E-state index contributed by atoms with van der Waals surface area (Å²) in [5, 5.41) is 18.5. The summed E-state index contributed by atoms with van der Waals surface area (Å²) >= 11 is 6.24. The molecule has 0 heterocycles. The van der Waals surface area contributed by atoms with E-state index >= 15 is 0 Å². The SMILES string of the molecule is CC(C)(Br)C(=O)OC(CO)C(CO)OC(=O)C(C)(C)Br. The Kier molecular flexibility index (Phi) is 7.65. The first-order valence-electron chi connectivity index (χ1n) is 5.95. The van der Waals surface area contributed by atoms with Gasteiger partial charge in [0.2, 0.25) is 0 Å². The van der Waals surface area contributed by atoms with Crippen LogP contribution in [0.25, 0.3) is 0 Å². The van der Waals surface area contributed by atoms with Gasteiger partial charge in [0.05, 0.1) is 13.2 Å². The van der Waals surface area contributed by atoms with E-state index < -0.39 is 46.0 Å². The van der Waals surface area contributed by atoms with E-state index in [4.69, 9.17) is 9.47 Å². The average molecular weight is 420 g/mol. The zero-order chi connectivity index (χ0) is 16.1. The van der Waals surface area contributed by atoms with E-state index in [9.17, 15) is 19.8 Å². The quantitative estimate of drug-likeness (QED) is 0.474. The van der Waals surface area contributed by atoms with E-state index in [-0.39, 0.29) is 0 Å². The standard InChI is InChI=1S/C12H20Br2O6/c1-11(2,13)9(17)19-7(5-15)8(6-16)20-10(18)12(3,4)14/h7-8,15-16H,5-6H2,1-4H3. The Hall–Kier alpha value is -0.180. The van der Waals surface area contributed by atoms with Gasteiger partial charge in [-0.2, -0.15) is 0 Å². The third-order valence-electron chi connectivity index (χ3n) is 2.26. The molecule has 0 rings (SSSR count). The largest absolute Gasteiger partial charge is 0.455 e. The number of ether oxygens (including phenoxy) is 2. The first-order valence-corrected chi connectivity index (χ1v) is 7.53. The number of halogens is 2. The Bertz CT molecular complexity index is 311. The van der Waals surface area contributed by atoms with Gasteiger partial charge >= 0.3 is 11.9 Å². The minimum Gasteiger partial charge on any atom is -0.455 e. The van der Waals surface area contributed by atoms with Crippen molar-refractivity contribution in [3.8, 4) is 0 Å². The van der Waals surface area contributed by atoms with Crippen molar-refractivity contribution in [1.82, 2.24) is 0 Å². The van der Waals surface area contributed by atoms with Crippen molar-refractivity contribution in [1.29, 1.82) is 0 Å². The van der Waals surface area contributed by atoms with E-state index in [1.807, 2.05) is 0 Å². The van der Waals surface area contributed by atoms with Crippen LogP contribution in [0.15, 0.2) is 0 Å². The van der Waals surface area contributed by atoms with Crippen molar-refractivity contribution >= 4 is 43.8 Å². The predicted octanol–water partition coefficient (Wildman–Crippen LogP) is 1.14. The molecule has 0 amide bonds. The van der Waals surface area contributed by atoms with Crippen LogP contribution >= 0.6 is 31.9 Å². The zero-order valence-corrected chi connectivity index (χ0v) is 15.0. The molecule has 0 spiro atoms. The number of hydrogen-bond acceptors (Lipinski definition) is 6. The van der Waals surface area contributed by atoms with Crippen LogP contribution in [0.5, 0.6) is 0 Å². The molecule has 0 aliphatic heterocycles. The Labute approximate surface area is 135 Å². The number of carbonyl (C=O) groups excluding carboxylic acids is 2. The number of alkyl halides is 2. The van der Waals surface area contributed by atoms with Crippen molar-refractivity contribution in [2.75, 3.05) is 13.2 Å². The van der Waals surface area contributed by atoms with Gasteiger partial charge in [0.15, 0.2) is 12.2 Å². The summed E-state index contributed by atoms with van der Waals surface area (Å²) in [7, 11) is 0. The van der Waals surface area contributed by atoms with Gasteiger partial charge in [-0.05, 0) is 27.7 Å². The van der Waals surface area contributed by atoms with Gasteiger partial charge in [-0.1, -0.05) is 31.9 Å². The number of hydrogen-bond donors (Lipinski definition) is 2. The van der Waals surface area contributed by atoms with Crippen molar-refractivity contribution in [3.63, 3.8) is 0 Å². The number of carbonyl (C=O) groups is 2. The lowest BCUT2D eigenvalue weighted by Gasteiger charge is -2.28. The molecular formula is C12H20Br2O6. The molecule has 0 saturated carbocycles. The molecule has 20 heavy (non-hydrogen) atoms. The van der Waals surface area contributed by atoms with Crippen molar-refractivity contribution < 1.29 is 29.3 Å². The molecule has 2 N–H and O–H groups in total. The summed E-state index contributed by atoms with van der Waals surface area (Å²) in [6.45, 7) is 5.15. The van der Waals surface area contributed by atoms with E-state index in [0.29, 0.717) is 0 Å². The molecule has 0 bridgehead atoms. The fourth-order valence-corrected chi connectivity index (χ4v) is 1.20. The van der Waals surface area contributed by atoms with Gasteiger partial charge in [-0.3, -0.25) is 9.59 Å². The lowest BCUT2D eigenvalue weighted by molar-refractivity contribution is -0.176. The number of esters is 2. The molecule has 0 aromatic carbocycles. The second-order valence-corrected chi connectivity index (χ2v) is 9.16. The van der Waals surface area contributed by atoms with Gasteiger partial charge in [0.25, 0.3) is 0 Å². The molecule has 0 aromatic rings. The highest BCUT2D eigenvalue weighted by molar-refractivity contribution is 9.10. The summed E-state index contributed by atoms with van der Waals surface area (Å²) in [6, 6.07) is 0. The van der Waals surface area contributed by atoms with E-state index in [1.165, 1.54) is 0 Å². The first-order chi connectivity index (χ1) is 8.93. The maximum atomic E-state index is 11.7. The fourth-order valence-electron chi connectivity index (χ4n) is 1.02. The van der Waals surface area contributed by atoms with Crippen molar-refractivity contribution in [2.24, 2.45) is 0 Å². The highest BCUT2D eigenvalue weighted by atomic mass is 79.9. The van der Waals surface area contributed by atoms with Crippen molar-refractivity contribution in [2.45, 2.75) is 48.6 Å². The average Bonchev–Trinajstić information content (AvgIpc) is 2.30. The van der Waals surface area contributed by atoms with E-state index in [2.05, 4.69) is 31.9 Å². The van der Waals surface area contributed by atoms with Gasteiger partial charge in [-0.15, -0.1) is 0 Å². The second-order valence-electron chi connectivity index (χ2n) is 5.20. The first kappa shape index (κ1) is 19.8. The lowest BCUT2D eigenvalue weighted by Crippen LogP contribution is -2.45. The van der Waals surface area contributed by atoms with Crippen LogP contribution in [0.3, 0.4) is 0 Å². The minimum atomic E-state index is -1.14. The maximum Gasteiger partial charge on any atom is 0.322 e. The molecule has 6 nitrogen and oxygen atoms in total. The van der Waals surface area contributed by atoms with Crippen LogP contribution in [0.4, 0.5) is 0 Å². The van der Waals surface area contributed by atoms with Crippen LogP contribution in [0.1, 0.15) is 27.7 Å². The molecule has 8 heteroatoms. The lowest BCUT2D eigenvalue weighted by atomic mass is 10.2. The van der Waals surface area contributed by atoms with E-state index in [0.717, 1.165) is 0 Å². The molecule has 0 fully saturated rings. The molecule has 2 unspecified atom stereocenters. The summed E-state index contributed by atoms with van der Waals surface area (Å²) in [4.78, 5) is 23.5. The molecule has 0 radical (unpaired) electrons.